The standard InChI is InChI=1S/C17H25NO3/c1-18-15-12-10-14(11-13-15)16(19)8-6-4-3-5-7-9-17(20)21-2/h10-13,18H,3-9H2,1-2H3. The van der Waals surface area contributed by atoms with Gasteiger partial charge in [-0.15, -0.1) is 0 Å². The number of benzene rings is 1. The number of hydrogen-bond acceptors (Lipinski definition) is 4. The third kappa shape index (κ3) is 6.93. The number of esters is 1. The lowest BCUT2D eigenvalue weighted by Crippen LogP contribution is -2.00. The summed E-state index contributed by atoms with van der Waals surface area (Å²) in [6.07, 6.45) is 5.96. The molecule has 0 aliphatic heterocycles. The summed E-state index contributed by atoms with van der Waals surface area (Å²) in [4.78, 5) is 22.9. The second-order valence-electron chi connectivity index (χ2n) is 5.09. The number of ketones is 1. The average molecular weight is 291 g/mol. The number of anilines is 1. The molecule has 1 N–H and O–H groups in total. The molecule has 1 aromatic rings. The Morgan fingerprint density at radius 3 is 2.10 bits per heavy atom. The van der Waals surface area contributed by atoms with Crippen molar-refractivity contribution >= 4 is 17.4 Å². The van der Waals surface area contributed by atoms with Crippen molar-refractivity contribution in [1.29, 1.82) is 0 Å². The van der Waals surface area contributed by atoms with Crippen LogP contribution in [0.4, 0.5) is 5.69 Å². The van der Waals surface area contributed by atoms with E-state index < -0.39 is 0 Å². The highest BCUT2D eigenvalue weighted by atomic mass is 16.5. The third-order valence-corrected chi connectivity index (χ3v) is 3.51. The minimum Gasteiger partial charge on any atom is -0.469 e. The largest absolute Gasteiger partial charge is 0.469 e. The quantitative estimate of drug-likeness (QED) is 0.404. The van der Waals surface area contributed by atoms with Gasteiger partial charge in [0.1, 0.15) is 0 Å². The molecule has 0 heterocycles. The predicted octanol–water partition coefficient (Wildman–Crippen LogP) is 3.81. The zero-order valence-electron chi connectivity index (χ0n) is 13.0. The van der Waals surface area contributed by atoms with Crippen molar-refractivity contribution in [2.24, 2.45) is 0 Å². The SMILES string of the molecule is CNc1ccc(C(=O)CCCCCCCC(=O)OC)cc1. The fourth-order valence-electron chi connectivity index (χ4n) is 2.15. The Labute approximate surface area is 126 Å². The van der Waals surface area contributed by atoms with Crippen LogP contribution >= 0.6 is 0 Å². The van der Waals surface area contributed by atoms with Crippen molar-refractivity contribution in [2.45, 2.75) is 44.9 Å². The van der Waals surface area contributed by atoms with Gasteiger partial charge in [-0.05, 0) is 37.1 Å². The minimum atomic E-state index is -0.143. The van der Waals surface area contributed by atoms with Crippen molar-refractivity contribution in [1.82, 2.24) is 0 Å². The third-order valence-electron chi connectivity index (χ3n) is 3.51. The van der Waals surface area contributed by atoms with Gasteiger partial charge in [0.25, 0.3) is 0 Å². The monoisotopic (exact) mass is 291 g/mol. The van der Waals surface area contributed by atoms with Crippen molar-refractivity contribution < 1.29 is 14.3 Å². The number of Topliss-reactive ketones (excluding diaryl/α,β-unsaturated/α-hetero) is 1. The summed E-state index contributed by atoms with van der Waals surface area (Å²) < 4.78 is 4.59. The summed E-state index contributed by atoms with van der Waals surface area (Å²) in [5.74, 6) is 0.0578. The van der Waals surface area contributed by atoms with E-state index in [2.05, 4.69) is 10.1 Å². The van der Waals surface area contributed by atoms with Crippen molar-refractivity contribution in [3.05, 3.63) is 29.8 Å². The van der Waals surface area contributed by atoms with Crippen LogP contribution in [0.1, 0.15) is 55.3 Å². The number of rotatable bonds is 10. The lowest BCUT2D eigenvalue weighted by Gasteiger charge is -2.04. The van der Waals surface area contributed by atoms with Gasteiger partial charge in [0.05, 0.1) is 7.11 Å². The van der Waals surface area contributed by atoms with Gasteiger partial charge in [-0.2, -0.15) is 0 Å². The average Bonchev–Trinajstić information content (AvgIpc) is 2.53. The zero-order valence-corrected chi connectivity index (χ0v) is 13.0. The lowest BCUT2D eigenvalue weighted by molar-refractivity contribution is -0.140. The number of nitrogens with one attached hydrogen (secondary N) is 1. The minimum absolute atomic E-state index is 0.143. The highest BCUT2D eigenvalue weighted by Gasteiger charge is 2.05. The molecule has 0 unspecified atom stereocenters. The van der Waals surface area contributed by atoms with Crippen molar-refractivity contribution in [3.8, 4) is 0 Å². The fourth-order valence-corrected chi connectivity index (χ4v) is 2.15. The molecule has 0 bridgehead atoms. The van der Waals surface area contributed by atoms with E-state index in [-0.39, 0.29) is 11.8 Å². The van der Waals surface area contributed by atoms with Gasteiger partial charge in [0, 0.05) is 31.1 Å². The van der Waals surface area contributed by atoms with Crippen LogP contribution in [-0.4, -0.2) is 25.9 Å². The molecule has 0 fully saturated rings. The van der Waals surface area contributed by atoms with Crippen LogP contribution in [0.5, 0.6) is 0 Å². The normalized spacial score (nSPS) is 10.2. The Hall–Kier alpha value is -1.84. The maximum atomic E-state index is 12.0. The molecule has 4 heteroatoms. The number of carbonyl (C=O) groups is 2. The van der Waals surface area contributed by atoms with Gasteiger partial charge in [-0.25, -0.2) is 0 Å². The van der Waals surface area contributed by atoms with E-state index in [1.54, 1.807) is 0 Å². The molecule has 0 aliphatic carbocycles. The summed E-state index contributed by atoms with van der Waals surface area (Å²) in [5, 5.41) is 3.03. The van der Waals surface area contributed by atoms with Crippen molar-refractivity contribution in [3.63, 3.8) is 0 Å². The number of unbranched alkanes of at least 4 members (excludes halogenated alkanes) is 4. The first kappa shape index (κ1) is 17.2. The van der Waals surface area contributed by atoms with Gasteiger partial charge in [-0.3, -0.25) is 9.59 Å². The Balaban J connectivity index is 2.11. The summed E-state index contributed by atoms with van der Waals surface area (Å²) >= 11 is 0. The molecule has 21 heavy (non-hydrogen) atoms. The molecule has 4 nitrogen and oxygen atoms in total. The number of hydrogen-bond donors (Lipinski definition) is 1. The highest BCUT2D eigenvalue weighted by Crippen LogP contribution is 2.13. The van der Waals surface area contributed by atoms with Crippen LogP contribution in [0, 0.1) is 0 Å². The Morgan fingerprint density at radius 2 is 1.52 bits per heavy atom. The van der Waals surface area contributed by atoms with Gasteiger partial charge >= 0.3 is 5.97 Å². The van der Waals surface area contributed by atoms with Crippen LogP contribution in [0.3, 0.4) is 0 Å². The topological polar surface area (TPSA) is 55.4 Å². The van der Waals surface area contributed by atoms with Crippen LogP contribution in [0.2, 0.25) is 0 Å². The molecule has 0 saturated heterocycles. The summed E-state index contributed by atoms with van der Waals surface area (Å²) in [6.45, 7) is 0. The summed E-state index contributed by atoms with van der Waals surface area (Å²) in [7, 11) is 3.27. The predicted molar refractivity (Wildman–Crippen MR) is 84.7 cm³/mol. The first-order chi connectivity index (χ1) is 10.2. The molecule has 1 aromatic carbocycles. The second kappa shape index (κ2) is 9.97. The maximum Gasteiger partial charge on any atom is 0.305 e. The fraction of sp³-hybridized carbons (Fsp3) is 0.529. The molecule has 116 valence electrons. The van der Waals surface area contributed by atoms with E-state index in [1.165, 1.54) is 7.11 Å². The van der Waals surface area contributed by atoms with Gasteiger partial charge in [0.2, 0.25) is 0 Å². The molecule has 0 radical (unpaired) electrons. The first-order valence-corrected chi connectivity index (χ1v) is 7.55. The van der Waals surface area contributed by atoms with Crippen LogP contribution in [-0.2, 0) is 9.53 Å². The molecule has 0 aromatic heterocycles. The summed E-state index contributed by atoms with van der Waals surface area (Å²) in [6, 6.07) is 7.56. The van der Waals surface area contributed by atoms with Gasteiger partial charge in [-0.1, -0.05) is 19.3 Å². The molecule has 0 aliphatic rings. The van der Waals surface area contributed by atoms with E-state index in [9.17, 15) is 9.59 Å². The number of methoxy groups -OCH3 is 1. The molecular formula is C17H25NO3. The maximum absolute atomic E-state index is 12.0. The zero-order chi connectivity index (χ0) is 15.5. The highest BCUT2D eigenvalue weighted by molar-refractivity contribution is 5.96. The lowest BCUT2D eigenvalue weighted by atomic mass is 10.0. The Kier molecular flexibility index (Phi) is 8.17. The Bertz CT molecular complexity index is 440. The summed E-state index contributed by atoms with van der Waals surface area (Å²) in [5.41, 5.74) is 1.79. The van der Waals surface area contributed by atoms with E-state index in [1.807, 2.05) is 31.3 Å². The van der Waals surface area contributed by atoms with Gasteiger partial charge in [0.15, 0.2) is 5.78 Å². The number of carbonyl (C=O) groups excluding carboxylic acids is 2. The van der Waals surface area contributed by atoms with Crippen LogP contribution < -0.4 is 5.32 Å². The van der Waals surface area contributed by atoms with E-state index in [0.717, 1.165) is 43.4 Å². The molecule has 0 atom stereocenters. The van der Waals surface area contributed by atoms with Crippen molar-refractivity contribution in [2.75, 3.05) is 19.5 Å². The molecule has 1 rings (SSSR count). The van der Waals surface area contributed by atoms with Crippen LogP contribution in [0.25, 0.3) is 0 Å². The van der Waals surface area contributed by atoms with Crippen LogP contribution in [0.15, 0.2) is 24.3 Å². The first-order valence-electron chi connectivity index (χ1n) is 7.55. The molecule has 0 amide bonds. The molecular weight excluding hydrogens is 266 g/mol. The van der Waals surface area contributed by atoms with E-state index >= 15 is 0 Å². The molecule has 0 saturated carbocycles. The number of ether oxygens (including phenoxy) is 1. The Morgan fingerprint density at radius 1 is 0.952 bits per heavy atom. The van der Waals surface area contributed by atoms with E-state index in [0.29, 0.717) is 12.8 Å². The molecule has 0 spiro atoms. The van der Waals surface area contributed by atoms with Gasteiger partial charge < -0.3 is 10.1 Å². The smallest absolute Gasteiger partial charge is 0.305 e. The van der Waals surface area contributed by atoms with E-state index in [4.69, 9.17) is 0 Å². The second-order valence-corrected chi connectivity index (χ2v) is 5.09.